The van der Waals surface area contributed by atoms with Gasteiger partial charge in [0.1, 0.15) is 6.54 Å². The molecule has 2 aliphatic rings. The summed E-state index contributed by atoms with van der Waals surface area (Å²) in [5.41, 5.74) is 5.07. The number of allylic oxidation sites excluding steroid dienone is 1. The molecule has 0 spiro atoms. The van der Waals surface area contributed by atoms with E-state index >= 15 is 0 Å². The third-order valence-electron chi connectivity index (χ3n) is 6.37. The number of fused-ring (bicyclic) bond motifs is 1. The Morgan fingerprint density at radius 1 is 1.09 bits per heavy atom. The number of hydrogen-bond donors (Lipinski definition) is 1. The van der Waals surface area contributed by atoms with Gasteiger partial charge in [-0.05, 0) is 30.2 Å². The molecule has 0 aliphatic carbocycles. The maximum atomic E-state index is 12.9. The zero-order valence-electron chi connectivity index (χ0n) is 19.0. The third-order valence-corrected chi connectivity index (χ3v) is 7.29. The van der Waals surface area contributed by atoms with Gasteiger partial charge in [0.15, 0.2) is 0 Å². The zero-order chi connectivity index (χ0) is 23.7. The predicted molar refractivity (Wildman–Crippen MR) is 137 cm³/mol. The van der Waals surface area contributed by atoms with Crippen LogP contribution in [-0.2, 0) is 17.8 Å². The zero-order valence-corrected chi connectivity index (χ0v) is 19.8. The van der Waals surface area contributed by atoms with Gasteiger partial charge in [0.25, 0.3) is 0 Å². The second-order valence-electron chi connectivity index (χ2n) is 8.37. The van der Waals surface area contributed by atoms with Crippen LogP contribution in [-0.4, -0.2) is 52.9 Å². The Morgan fingerprint density at radius 3 is 2.59 bits per heavy atom. The van der Waals surface area contributed by atoms with Gasteiger partial charge in [-0.1, -0.05) is 54.7 Å². The average molecular weight is 475 g/mol. The van der Waals surface area contributed by atoms with Crippen molar-refractivity contribution < 1.29 is 9.90 Å². The lowest BCUT2D eigenvalue weighted by Crippen LogP contribution is -2.49. The molecule has 0 bridgehead atoms. The highest BCUT2D eigenvalue weighted by Gasteiger charge is 2.24. The van der Waals surface area contributed by atoms with E-state index in [0.29, 0.717) is 18.0 Å². The molecular formula is C26H26N4O3S. The number of rotatable bonds is 5. The molecule has 1 amide bonds. The second-order valence-corrected chi connectivity index (χ2v) is 9.36. The maximum Gasteiger partial charge on any atom is 0.311 e. The summed E-state index contributed by atoms with van der Waals surface area (Å²) in [6, 6.07) is 16.1. The average Bonchev–Trinajstić information content (AvgIpc) is 3.40. The number of anilines is 1. The largest absolute Gasteiger partial charge is 0.493 e. The van der Waals surface area contributed by atoms with Crippen LogP contribution in [0.15, 0.2) is 58.3 Å². The molecule has 0 saturated carbocycles. The van der Waals surface area contributed by atoms with E-state index in [1.54, 1.807) is 17.2 Å². The lowest BCUT2D eigenvalue weighted by Gasteiger charge is -2.36. The van der Waals surface area contributed by atoms with Crippen molar-refractivity contribution in [2.45, 2.75) is 19.9 Å². The summed E-state index contributed by atoms with van der Waals surface area (Å²) >= 11 is 0.939. The Labute approximate surface area is 201 Å². The van der Waals surface area contributed by atoms with Gasteiger partial charge in [0.2, 0.25) is 11.8 Å². The third kappa shape index (κ3) is 4.17. The van der Waals surface area contributed by atoms with E-state index in [1.165, 1.54) is 4.57 Å². The standard InChI is InChI=1S/C26H26N4O3S/c1-2-18-7-6-10-21-19(16-27-24(18)21)15-22-25(32)30(26(33)34-22)17-23(31)29-13-11-28(12-14-29)20-8-4-3-5-9-20/h3-10,15-16,32H,2,11-14,17H2,1H3. The van der Waals surface area contributed by atoms with Crippen molar-refractivity contribution in [2.24, 2.45) is 4.99 Å². The highest BCUT2D eigenvalue weighted by molar-refractivity contribution is 7.10. The number of aromatic nitrogens is 1. The van der Waals surface area contributed by atoms with Gasteiger partial charge in [0, 0.05) is 49.2 Å². The number of amides is 1. The van der Waals surface area contributed by atoms with Crippen LogP contribution in [0.2, 0.25) is 0 Å². The van der Waals surface area contributed by atoms with E-state index in [4.69, 9.17) is 0 Å². The van der Waals surface area contributed by atoms with Crippen molar-refractivity contribution >= 4 is 46.5 Å². The summed E-state index contributed by atoms with van der Waals surface area (Å²) in [5.74, 6) is -0.338. The summed E-state index contributed by atoms with van der Waals surface area (Å²) in [5, 5.41) is 10.8. The van der Waals surface area contributed by atoms with Gasteiger partial charge in [-0.3, -0.25) is 19.1 Å². The van der Waals surface area contributed by atoms with Crippen molar-refractivity contribution in [3.63, 3.8) is 0 Å². The van der Waals surface area contributed by atoms with Crippen molar-refractivity contribution in [1.82, 2.24) is 9.47 Å². The molecule has 0 unspecified atom stereocenters. The van der Waals surface area contributed by atoms with Gasteiger partial charge in [-0.25, -0.2) is 0 Å². The number of carbonyl (C=O) groups is 1. The van der Waals surface area contributed by atoms with Crippen molar-refractivity contribution in [3.05, 3.63) is 74.2 Å². The minimum absolute atomic E-state index is 0.164. The smallest absolute Gasteiger partial charge is 0.311 e. The van der Waals surface area contributed by atoms with Gasteiger partial charge < -0.3 is 14.9 Å². The Bertz CT molecular complexity index is 1330. The number of piperazine rings is 1. The van der Waals surface area contributed by atoms with E-state index < -0.39 is 0 Å². The maximum absolute atomic E-state index is 12.9. The van der Waals surface area contributed by atoms with E-state index in [-0.39, 0.29) is 23.2 Å². The summed E-state index contributed by atoms with van der Waals surface area (Å²) in [6.07, 6.45) is 4.41. The van der Waals surface area contributed by atoms with E-state index in [2.05, 4.69) is 35.0 Å². The Hall–Kier alpha value is -3.65. The molecule has 8 heteroatoms. The molecule has 3 aromatic rings. The number of aryl methyl sites for hydroxylation is 1. The molecule has 174 valence electrons. The van der Waals surface area contributed by atoms with Crippen molar-refractivity contribution in [2.75, 3.05) is 31.1 Å². The molecule has 34 heavy (non-hydrogen) atoms. The Balaban J connectivity index is 1.29. The molecule has 0 radical (unpaired) electrons. The molecule has 1 saturated heterocycles. The fourth-order valence-corrected chi connectivity index (χ4v) is 5.29. The molecule has 5 rings (SSSR count). The number of para-hydroxylation sites is 2. The molecule has 1 fully saturated rings. The van der Waals surface area contributed by atoms with Gasteiger partial charge in [0.05, 0.1) is 10.6 Å². The number of nitrogens with zero attached hydrogens (tertiary/aromatic N) is 4. The SMILES string of the molecule is CCc1cccc2c1N=CC2=Cc1sc(=O)n(CC(=O)N2CCN(c3ccccc3)CC2)c1O. The van der Waals surface area contributed by atoms with Crippen LogP contribution in [0.25, 0.3) is 11.6 Å². The number of benzene rings is 2. The topological polar surface area (TPSA) is 78.1 Å². The fraction of sp³-hybridized carbons (Fsp3) is 0.269. The summed E-state index contributed by atoms with van der Waals surface area (Å²) in [6.45, 7) is 4.55. The lowest BCUT2D eigenvalue weighted by atomic mass is 10.0. The van der Waals surface area contributed by atoms with Crippen LogP contribution in [0.1, 0.15) is 22.9 Å². The summed E-state index contributed by atoms with van der Waals surface area (Å²) in [7, 11) is 0. The van der Waals surface area contributed by atoms with E-state index in [1.807, 2.05) is 30.3 Å². The van der Waals surface area contributed by atoms with Crippen molar-refractivity contribution in [1.29, 1.82) is 0 Å². The summed E-state index contributed by atoms with van der Waals surface area (Å²) < 4.78 is 1.17. The molecule has 3 heterocycles. The normalized spacial score (nSPS) is 16.3. The highest BCUT2D eigenvalue weighted by atomic mass is 32.1. The number of aromatic hydroxyl groups is 1. The van der Waals surface area contributed by atoms with Crippen LogP contribution in [0, 0.1) is 0 Å². The first-order valence-electron chi connectivity index (χ1n) is 11.4. The molecule has 1 aromatic heterocycles. The summed E-state index contributed by atoms with van der Waals surface area (Å²) in [4.78, 5) is 34.1. The second kappa shape index (κ2) is 9.30. The number of thiazole rings is 1. The first-order valence-corrected chi connectivity index (χ1v) is 12.2. The van der Waals surface area contributed by atoms with Crippen LogP contribution in [0.4, 0.5) is 11.4 Å². The molecule has 2 aromatic carbocycles. The minimum atomic E-state index is -0.349. The van der Waals surface area contributed by atoms with Gasteiger partial charge in [-0.15, -0.1) is 0 Å². The minimum Gasteiger partial charge on any atom is -0.493 e. The number of hydrogen-bond acceptors (Lipinski definition) is 6. The highest BCUT2D eigenvalue weighted by Crippen LogP contribution is 2.37. The molecule has 7 nitrogen and oxygen atoms in total. The molecule has 1 N–H and O–H groups in total. The van der Waals surface area contributed by atoms with Crippen LogP contribution in [0.3, 0.4) is 0 Å². The van der Waals surface area contributed by atoms with E-state index in [9.17, 15) is 14.7 Å². The van der Waals surface area contributed by atoms with Crippen LogP contribution in [0.5, 0.6) is 5.88 Å². The Morgan fingerprint density at radius 2 is 1.85 bits per heavy atom. The van der Waals surface area contributed by atoms with Crippen LogP contribution < -0.4 is 9.77 Å². The quantitative estimate of drug-likeness (QED) is 0.611. The monoisotopic (exact) mass is 474 g/mol. The first-order chi connectivity index (χ1) is 16.5. The first kappa shape index (κ1) is 22.2. The number of aliphatic imine (C=N–C) groups is 1. The van der Waals surface area contributed by atoms with Gasteiger partial charge >= 0.3 is 4.87 Å². The molecular weight excluding hydrogens is 448 g/mol. The molecule has 2 aliphatic heterocycles. The van der Waals surface area contributed by atoms with Crippen LogP contribution >= 0.6 is 11.3 Å². The predicted octanol–water partition coefficient (Wildman–Crippen LogP) is 3.78. The number of carbonyl (C=O) groups excluding carboxylic acids is 1. The fourth-order valence-electron chi connectivity index (χ4n) is 4.46. The molecule has 0 atom stereocenters. The lowest BCUT2D eigenvalue weighted by molar-refractivity contribution is -0.132. The van der Waals surface area contributed by atoms with Crippen molar-refractivity contribution in [3.8, 4) is 5.88 Å². The van der Waals surface area contributed by atoms with E-state index in [0.717, 1.165) is 58.9 Å². The van der Waals surface area contributed by atoms with Gasteiger partial charge in [-0.2, -0.15) is 0 Å². The Kier molecular flexibility index (Phi) is 6.06.